The lowest BCUT2D eigenvalue weighted by atomic mass is 10.2. The summed E-state index contributed by atoms with van der Waals surface area (Å²) in [4.78, 5) is 29.4. The van der Waals surface area contributed by atoms with Crippen LogP contribution in [0.2, 0.25) is 0 Å². The first-order valence-corrected chi connectivity index (χ1v) is 8.29. The number of rotatable bonds is 5. The van der Waals surface area contributed by atoms with Gasteiger partial charge in [-0.3, -0.25) is 4.79 Å². The lowest BCUT2D eigenvalue weighted by molar-refractivity contribution is 0.0740. The van der Waals surface area contributed by atoms with Gasteiger partial charge >= 0.3 is 0 Å². The van der Waals surface area contributed by atoms with Gasteiger partial charge < -0.3 is 15.1 Å². The Morgan fingerprint density at radius 1 is 1.12 bits per heavy atom. The molecule has 2 aromatic rings. The van der Waals surface area contributed by atoms with Crippen molar-refractivity contribution in [3.05, 3.63) is 42.5 Å². The summed E-state index contributed by atoms with van der Waals surface area (Å²) in [7, 11) is 0. The Morgan fingerprint density at radius 3 is 2.58 bits per heavy atom. The predicted octanol–water partition coefficient (Wildman–Crippen LogP) is 1.66. The summed E-state index contributed by atoms with van der Waals surface area (Å²) in [5, 5.41) is 3.15. The highest BCUT2D eigenvalue weighted by Crippen LogP contribution is 2.14. The molecule has 0 bridgehead atoms. The zero-order valence-corrected chi connectivity index (χ0v) is 13.9. The van der Waals surface area contributed by atoms with E-state index in [9.17, 15) is 4.79 Å². The van der Waals surface area contributed by atoms with Gasteiger partial charge in [0.05, 0.1) is 12.4 Å². The Labute approximate surface area is 141 Å². The number of pyridine rings is 1. The number of piperazine rings is 1. The Hall–Kier alpha value is -2.70. The molecule has 0 spiro atoms. The van der Waals surface area contributed by atoms with Crippen molar-refractivity contribution in [3.63, 3.8) is 0 Å². The smallest absolute Gasteiger partial charge is 0.274 e. The van der Waals surface area contributed by atoms with Gasteiger partial charge in [0.2, 0.25) is 0 Å². The fourth-order valence-electron chi connectivity index (χ4n) is 2.62. The number of anilines is 2. The van der Waals surface area contributed by atoms with E-state index in [1.54, 1.807) is 18.6 Å². The largest absolute Gasteiger partial charge is 0.369 e. The lowest BCUT2D eigenvalue weighted by Gasteiger charge is -2.35. The second-order valence-electron chi connectivity index (χ2n) is 5.68. The highest BCUT2D eigenvalue weighted by atomic mass is 16.2. The van der Waals surface area contributed by atoms with Gasteiger partial charge in [-0.05, 0) is 18.6 Å². The summed E-state index contributed by atoms with van der Waals surface area (Å²) in [5.41, 5.74) is 0.392. The van der Waals surface area contributed by atoms with E-state index in [2.05, 4.69) is 32.1 Å². The van der Waals surface area contributed by atoms with Crippen molar-refractivity contribution in [2.45, 2.75) is 13.3 Å². The maximum Gasteiger partial charge on any atom is 0.274 e. The number of nitrogens with one attached hydrogen (secondary N) is 1. The lowest BCUT2D eigenvalue weighted by Crippen LogP contribution is -2.49. The number of nitrogens with zero attached hydrogens (tertiary/aromatic N) is 5. The number of carbonyl (C=O) groups excluding carboxylic acids is 1. The van der Waals surface area contributed by atoms with Crippen LogP contribution in [0.4, 0.5) is 11.6 Å². The molecule has 24 heavy (non-hydrogen) atoms. The van der Waals surface area contributed by atoms with Crippen LogP contribution >= 0.6 is 0 Å². The van der Waals surface area contributed by atoms with Gasteiger partial charge in [0.1, 0.15) is 17.3 Å². The molecule has 0 aromatic carbocycles. The Bertz CT molecular complexity index is 653. The van der Waals surface area contributed by atoms with E-state index in [0.717, 1.165) is 31.9 Å². The first kappa shape index (κ1) is 16.2. The monoisotopic (exact) mass is 326 g/mol. The molecule has 0 saturated carbocycles. The normalized spacial score (nSPS) is 14.5. The van der Waals surface area contributed by atoms with Crippen LogP contribution in [0.3, 0.4) is 0 Å². The molecule has 2 aromatic heterocycles. The molecule has 1 aliphatic rings. The van der Waals surface area contributed by atoms with Crippen molar-refractivity contribution in [1.82, 2.24) is 19.9 Å². The molecule has 1 N–H and O–H groups in total. The van der Waals surface area contributed by atoms with Crippen molar-refractivity contribution < 1.29 is 4.79 Å². The zero-order valence-electron chi connectivity index (χ0n) is 13.9. The maximum atomic E-state index is 12.5. The molecule has 0 aliphatic carbocycles. The summed E-state index contributed by atoms with van der Waals surface area (Å²) in [6.45, 7) is 5.79. The van der Waals surface area contributed by atoms with Gasteiger partial charge in [-0.1, -0.05) is 13.0 Å². The van der Waals surface area contributed by atoms with Crippen LogP contribution < -0.4 is 10.2 Å². The zero-order chi connectivity index (χ0) is 16.8. The summed E-state index contributed by atoms with van der Waals surface area (Å²) in [6, 6.07) is 5.87. The molecule has 3 heterocycles. The van der Waals surface area contributed by atoms with Crippen LogP contribution in [0, 0.1) is 0 Å². The average molecular weight is 326 g/mol. The van der Waals surface area contributed by atoms with E-state index in [4.69, 9.17) is 0 Å². The van der Waals surface area contributed by atoms with Crippen LogP contribution in [0.5, 0.6) is 0 Å². The predicted molar refractivity (Wildman–Crippen MR) is 93.2 cm³/mol. The summed E-state index contributed by atoms with van der Waals surface area (Å²) in [5.74, 6) is 1.59. The van der Waals surface area contributed by atoms with Crippen molar-refractivity contribution in [2.24, 2.45) is 0 Å². The molecule has 1 amide bonds. The van der Waals surface area contributed by atoms with Gasteiger partial charge in [-0.25, -0.2) is 15.0 Å². The molecule has 7 heteroatoms. The maximum absolute atomic E-state index is 12.5. The highest BCUT2D eigenvalue weighted by Gasteiger charge is 2.23. The molecule has 0 radical (unpaired) electrons. The number of aromatic nitrogens is 3. The van der Waals surface area contributed by atoms with E-state index < -0.39 is 0 Å². The van der Waals surface area contributed by atoms with Gasteiger partial charge in [-0.15, -0.1) is 0 Å². The first-order chi connectivity index (χ1) is 11.8. The third-order valence-corrected chi connectivity index (χ3v) is 3.97. The van der Waals surface area contributed by atoms with Gasteiger partial charge in [0, 0.05) is 38.9 Å². The van der Waals surface area contributed by atoms with Crippen LogP contribution in [0.15, 0.2) is 36.8 Å². The van der Waals surface area contributed by atoms with E-state index in [-0.39, 0.29) is 5.91 Å². The molecular formula is C17H22N6O. The van der Waals surface area contributed by atoms with Gasteiger partial charge in [-0.2, -0.15) is 0 Å². The highest BCUT2D eigenvalue weighted by molar-refractivity contribution is 5.92. The van der Waals surface area contributed by atoms with Crippen LogP contribution in [0.25, 0.3) is 0 Å². The molecule has 1 saturated heterocycles. The Kier molecular flexibility index (Phi) is 5.20. The Morgan fingerprint density at radius 2 is 1.96 bits per heavy atom. The molecule has 3 rings (SSSR count). The van der Waals surface area contributed by atoms with Crippen LogP contribution in [0.1, 0.15) is 23.8 Å². The third kappa shape index (κ3) is 3.79. The minimum atomic E-state index is -0.0646. The first-order valence-electron chi connectivity index (χ1n) is 8.29. The van der Waals surface area contributed by atoms with Gasteiger partial charge in [0.25, 0.3) is 5.91 Å². The third-order valence-electron chi connectivity index (χ3n) is 3.97. The SMILES string of the molecule is CCCNc1cnc(C(=O)N2CCN(c3ccccn3)CC2)cn1. The van der Waals surface area contributed by atoms with Crippen LogP contribution in [-0.4, -0.2) is 58.5 Å². The van der Waals surface area contributed by atoms with Crippen molar-refractivity contribution in [3.8, 4) is 0 Å². The number of hydrogen-bond acceptors (Lipinski definition) is 6. The minimum Gasteiger partial charge on any atom is -0.369 e. The van der Waals surface area contributed by atoms with Crippen molar-refractivity contribution >= 4 is 17.5 Å². The fourth-order valence-corrected chi connectivity index (χ4v) is 2.62. The summed E-state index contributed by atoms with van der Waals surface area (Å²) < 4.78 is 0. The number of hydrogen-bond donors (Lipinski definition) is 1. The fraction of sp³-hybridized carbons (Fsp3) is 0.412. The van der Waals surface area contributed by atoms with E-state index >= 15 is 0 Å². The van der Waals surface area contributed by atoms with Crippen molar-refractivity contribution in [2.75, 3.05) is 42.9 Å². The van der Waals surface area contributed by atoms with E-state index in [1.165, 1.54) is 0 Å². The topological polar surface area (TPSA) is 74.2 Å². The summed E-state index contributed by atoms with van der Waals surface area (Å²) in [6.07, 6.45) is 5.97. The molecule has 1 fully saturated rings. The minimum absolute atomic E-state index is 0.0646. The quantitative estimate of drug-likeness (QED) is 0.901. The standard InChI is InChI=1S/C17H22N6O/c1-2-6-18-15-13-20-14(12-21-15)17(24)23-10-8-22(9-11-23)16-5-3-4-7-19-16/h3-5,7,12-13H,2,6,8-11H2,1H3,(H,18,21). The van der Waals surface area contributed by atoms with E-state index in [0.29, 0.717) is 24.6 Å². The molecule has 0 atom stereocenters. The Balaban J connectivity index is 1.57. The van der Waals surface area contributed by atoms with Crippen LogP contribution in [-0.2, 0) is 0 Å². The second-order valence-corrected chi connectivity index (χ2v) is 5.68. The molecular weight excluding hydrogens is 304 g/mol. The summed E-state index contributed by atoms with van der Waals surface area (Å²) >= 11 is 0. The molecule has 0 unspecified atom stereocenters. The molecule has 1 aliphatic heterocycles. The number of amides is 1. The number of carbonyl (C=O) groups is 1. The van der Waals surface area contributed by atoms with E-state index in [1.807, 2.05) is 23.1 Å². The molecule has 7 nitrogen and oxygen atoms in total. The molecule has 126 valence electrons. The van der Waals surface area contributed by atoms with Crippen molar-refractivity contribution in [1.29, 1.82) is 0 Å². The van der Waals surface area contributed by atoms with Gasteiger partial charge in [0.15, 0.2) is 0 Å². The second kappa shape index (κ2) is 7.72. The average Bonchev–Trinajstić information content (AvgIpc) is 2.67.